The Bertz CT molecular complexity index is 1410. The summed E-state index contributed by atoms with van der Waals surface area (Å²) >= 11 is 1.43. The van der Waals surface area contributed by atoms with Gasteiger partial charge in [0, 0.05) is 17.9 Å². The van der Waals surface area contributed by atoms with Gasteiger partial charge in [-0.3, -0.25) is 14.6 Å². The lowest BCUT2D eigenvalue weighted by Crippen LogP contribution is -2.30. The van der Waals surface area contributed by atoms with Crippen molar-refractivity contribution in [3.05, 3.63) is 84.4 Å². The zero-order chi connectivity index (χ0) is 25.4. The number of carbonyl (C=O) groups is 1. The van der Waals surface area contributed by atoms with Crippen LogP contribution in [0.1, 0.15) is 5.56 Å². The van der Waals surface area contributed by atoms with Crippen molar-refractivity contribution in [2.24, 2.45) is 0 Å². The normalized spacial score (nSPS) is 11.1. The van der Waals surface area contributed by atoms with Crippen LogP contribution in [0.15, 0.2) is 88.9 Å². The maximum absolute atomic E-state index is 12.6. The van der Waals surface area contributed by atoms with Crippen molar-refractivity contribution in [2.75, 3.05) is 23.6 Å². The molecule has 0 radical (unpaired) electrons. The Balaban J connectivity index is 1.19. The van der Waals surface area contributed by atoms with Crippen LogP contribution in [0.3, 0.4) is 0 Å². The number of amides is 1. The second-order valence-corrected chi connectivity index (χ2v) is 10.5. The molecule has 0 unspecified atom stereocenters. The van der Waals surface area contributed by atoms with Crippen molar-refractivity contribution in [3.8, 4) is 17.1 Å². The summed E-state index contributed by atoms with van der Waals surface area (Å²) in [5.74, 6) is 1.40. The monoisotopic (exact) mass is 523 g/mol. The predicted molar refractivity (Wildman–Crippen MR) is 139 cm³/mol. The molecule has 186 valence electrons. The minimum Gasteiger partial charge on any atom is -0.484 e. The van der Waals surface area contributed by atoms with Crippen LogP contribution in [0.25, 0.3) is 11.4 Å². The summed E-state index contributed by atoms with van der Waals surface area (Å²) < 4.78 is 33.3. The molecule has 1 heterocycles. The van der Waals surface area contributed by atoms with Crippen molar-refractivity contribution in [3.63, 3.8) is 0 Å². The number of rotatable bonds is 11. The Morgan fingerprint density at radius 2 is 1.72 bits per heavy atom. The number of ether oxygens (including phenoxy) is 1. The number of aromatic amines is 1. The summed E-state index contributed by atoms with van der Waals surface area (Å²) in [6, 6.07) is 22.7. The number of benzene rings is 3. The SMILES string of the molecule is Cc1ccccc1NS(=O)(=O)c1ccc(OCC(=O)NCCSc2n[nH]c(-c3ccccc3)n2)cc1. The Kier molecular flexibility index (Phi) is 8.24. The van der Waals surface area contributed by atoms with Gasteiger partial charge in [0.1, 0.15) is 5.75 Å². The van der Waals surface area contributed by atoms with Gasteiger partial charge in [0.15, 0.2) is 12.4 Å². The largest absolute Gasteiger partial charge is 0.484 e. The minimum atomic E-state index is -3.74. The molecule has 0 atom stereocenters. The van der Waals surface area contributed by atoms with E-state index in [1.165, 1.54) is 36.0 Å². The quantitative estimate of drug-likeness (QED) is 0.201. The molecule has 0 saturated carbocycles. The zero-order valence-corrected chi connectivity index (χ0v) is 21.1. The van der Waals surface area contributed by atoms with Crippen LogP contribution in [0.5, 0.6) is 5.75 Å². The maximum Gasteiger partial charge on any atom is 0.261 e. The van der Waals surface area contributed by atoms with E-state index in [0.29, 0.717) is 34.7 Å². The van der Waals surface area contributed by atoms with E-state index in [9.17, 15) is 13.2 Å². The number of carbonyl (C=O) groups excluding carboxylic acids is 1. The smallest absolute Gasteiger partial charge is 0.261 e. The number of hydrogen-bond acceptors (Lipinski definition) is 7. The first kappa shape index (κ1) is 25.3. The molecular formula is C25H25N5O4S2. The van der Waals surface area contributed by atoms with Crippen LogP contribution >= 0.6 is 11.8 Å². The number of sulfonamides is 1. The minimum absolute atomic E-state index is 0.0991. The van der Waals surface area contributed by atoms with Gasteiger partial charge in [0.25, 0.3) is 15.9 Å². The van der Waals surface area contributed by atoms with Gasteiger partial charge >= 0.3 is 0 Å². The molecule has 4 rings (SSSR count). The lowest BCUT2D eigenvalue weighted by molar-refractivity contribution is -0.122. The molecule has 1 amide bonds. The lowest BCUT2D eigenvalue weighted by Gasteiger charge is -2.11. The molecule has 1 aromatic heterocycles. The number of nitrogens with one attached hydrogen (secondary N) is 3. The molecule has 11 heteroatoms. The van der Waals surface area contributed by atoms with E-state index < -0.39 is 10.0 Å². The van der Waals surface area contributed by atoms with E-state index in [-0.39, 0.29) is 17.4 Å². The molecule has 0 fully saturated rings. The Hall–Kier alpha value is -3.83. The fourth-order valence-corrected chi connectivity index (χ4v) is 4.96. The van der Waals surface area contributed by atoms with E-state index in [1.54, 1.807) is 12.1 Å². The first-order chi connectivity index (χ1) is 17.4. The van der Waals surface area contributed by atoms with Crippen LogP contribution in [0.2, 0.25) is 0 Å². The summed E-state index contributed by atoms with van der Waals surface area (Å²) in [6.07, 6.45) is 0. The number of anilines is 1. The van der Waals surface area contributed by atoms with Gasteiger partial charge in [-0.05, 0) is 42.8 Å². The number of hydrogen-bond donors (Lipinski definition) is 3. The van der Waals surface area contributed by atoms with Crippen LogP contribution in [-0.2, 0) is 14.8 Å². The highest BCUT2D eigenvalue weighted by Crippen LogP contribution is 2.21. The van der Waals surface area contributed by atoms with Gasteiger partial charge in [0.05, 0.1) is 10.6 Å². The standard InChI is InChI=1S/C25H25N5O4S2/c1-18-7-5-6-10-22(18)30-36(32,33)21-13-11-20(12-14-21)34-17-23(31)26-15-16-35-25-27-24(28-29-25)19-8-3-2-4-9-19/h2-14,30H,15-17H2,1H3,(H,26,31)(H,27,28,29). The molecule has 0 aliphatic carbocycles. The number of aryl methyl sites for hydroxylation is 1. The average Bonchev–Trinajstić information content (AvgIpc) is 3.36. The van der Waals surface area contributed by atoms with Crippen LogP contribution in [-0.4, -0.2) is 48.4 Å². The molecule has 36 heavy (non-hydrogen) atoms. The van der Waals surface area contributed by atoms with Crippen LogP contribution in [0.4, 0.5) is 5.69 Å². The first-order valence-electron chi connectivity index (χ1n) is 11.1. The Morgan fingerprint density at radius 3 is 2.47 bits per heavy atom. The molecular weight excluding hydrogens is 498 g/mol. The summed E-state index contributed by atoms with van der Waals surface area (Å²) in [6.45, 7) is 2.06. The van der Waals surface area contributed by atoms with Crippen molar-refractivity contribution in [1.82, 2.24) is 20.5 Å². The molecule has 0 saturated heterocycles. The van der Waals surface area contributed by atoms with Crippen LogP contribution < -0.4 is 14.8 Å². The summed E-state index contributed by atoms with van der Waals surface area (Å²) in [4.78, 5) is 16.6. The fourth-order valence-electron chi connectivity index (χ4n) is 3.17. The fraction of sp³-hybridized carbons (Fsp3) is 0.160. The first-order valence-corrected chi connectivity index (χ1v) is 13.6. The van der Waals surface area contributed by atoms with E-state index in [0.717, 1.165) is 11.1 Å². The highest BCUT2D eigenvalue weighted by atomic mass is 32.2. The van der Waals surface area contributed by atoms with Crippen molar-refractivity contribution in [2.45, 2.75) is 17.0 Å². The van der Waals surface area contributed by atoms with Gasteiger partial charge < -0.3 is 10.1 Å². The van der Waals surface area contributed by atoms with Gasteiger partial charge in [-0.1, -0.05) is 60.3 Å². The average molecular weight is 524 g/mol. The van der Waals surface area contributed by atoms with E-state index in [1.807, 2.05) is 49.4 Å². The topological polar surface area (TPSA) is 126 Å². The van der Waals surface area contributed by atoms with Gasteiger partial charge in [0.2, 0.25) is 5.16 Å². The molecule has 3 aromatic carbocycles. The zero-order valence-electron chi connectivity index (χ0n) is 19.5. The lowest BCUT2D eigenvalue weighted by atomic mass is 10.2. The van der Waals surface area contributed by atoms with Crippen molar-refractivity contribution >= 4 is 33.4 Å². The Labute approximate surface area is 213 Å². The molecule has 4 aromatic rings. The third-order valence-corrected chi connectivity index (χ3v) is 7.29. The highest BCUT2D eigenvalue weighted by molar-refractivity contribution is 7.99. The third-order valence-electron chi connectivity index (χ3n) is 5.06. The predicted octanol–water partition coefficient (Wildman–Crippen LogP) is 3.87. The third kappa shape index (κ3) is 6.86. The molecule has 0 bridgehead atoms. The van der Waals surface area contributed by atoms with Crippen molar-refractivity contribution in [1.29, 1.82) is 0 Å². The number of aromatic nitrogens is 3. The number of H-pyrrole nitrogens is 1. The van der Waals surface area contributed by atoms with Crippen molar-refractivity contribution < 1.29 is 17.9 Å². The number of thioether (sulfide) groups is 1. The van der Waals surface area contributed by atoms with E-state index in [2.05, 4.69) is 25.2 Å². The number of para-hydroxylation sites is 1. The summed E-state index contributed by atoms with van der Waals surface area (Å²) in [5.41, 5.74) is 2.30. The van der Waals surface area contributed by atoms with Gasteiger partial charge in [-0.2, -0.15) is 0 Å². The van der Waals surface area contributed by atoms with Gasteiger partial charge in [-0.25, -0.2) is 13.4 Å². The van der Waals surface area contributed by atoms with Crippen LogP contribution in [0, 0.1) is 6.92 Å². The molecule has 3 N–H and O–H groups in total. The second kappa shape index (κ2) is 11.7. The van der Waals surface area contributed by atoms with E-state index >= 15 is 0 Å². The number of nitrogens with zero attached hydrogens (tertiary/aromatic N) is 2. The maximum atomic E-state index is 12.6. The summed E-state index contributed by atoms with van der Waals surface area (Å²) in [7, 11) is -3.74. The molecule has 0 aliphatic rings. The van der Waals surface area contributed by atoms with E-state index in [4.69, 9.17) is 4.74 Å². The summed E-state index contributed by atoms with van der Waals surface area (Å²) in [5, 5.41) is 10.5. The molecule has 0 aliphatic heterocycles. The van der Waals surface area contributed by atoms with Gasteiger partial charge in [-0.15, -0.1) is 5.10 Å². The highest BCUT2D eigenvalue weighted by Gasteiger charge is 2.15. The Morgan fingerprint density at radius 1 is 1.00 bits per heavy atom. The molecule has 0 spiro atoms. The second-order valence-electron chi connectivity index (χ2n) is 7.71. The molecule has 9 nitrogen and oxygen atoms in total.